The van der Waals surface area contributed by atoms with E-state index in [-0.39, 0.29) is 11.6 Å². The van der Waals surface area contributed by atoms with Crippen molar-refractivity contribution in [2.45, 2.75) is 20.3 Å². The number of methoxy groups -OCH3 is 2. The molecule has 0 bridgehead atoms. The Morgan fingerprint density at radius 3 is 2.24 bits per heavy atom. The van der Waals surface area contributed by atoms with Gasteiger partial charge in [-0.3, -0.25) is 4.79 Å². The molecule has 6 heteroatoms. The summed E-state index contributed by atoms with van der Waals surface area (Å²) in [5.41, 5.74) is 0.0905. The molecule has 0 saturated carbocycles. The molecule has 1 amide bonds. The highest BCUT2D eigenvalue weighted by atomic mass is 19.1. The monoisotopic (exact) mass is 349 g/mol. The summed E-state index contributed by atoms with van der Waals surface area (Å²) in [4.78, 5) is 12.6. The number of hydrogen-bond acceptors (Lipinski definition) is 3. The molecule has 0 radical (unpaired) electrons. The molecule has 0 aromatic heterocycles. The highest BCUT2D eigenvalue weighted by molar-refractivity contribution is 5.95. The lowest BCUT2D eigenvalue weighted by molar-refractivity contribution is -0.123. The smallest absolute Gasteiger partial charge is 0.230 e. The van der Waals surface area contributed by atoms with Gasteiger partial charge in [-0.25, -0.2) is 8.78 Å². The number of nitrogens with one attached hydrogen (secondary N) is 1. The van der Waals surface area contributed by atoms with Crippen LogP contribution in [0.3, 0.4) is 0 Å². The van der Waals surface area contributed by atoms with E-state index in [0.717, 1.165) is 17.7 Å². The van der Waals surface area contributed by atoms with Crippen molar-refractivity contribution in [2.24, 2.45) is 5.41 Å². The maximum Gasteiger partial charge on any atom is 0.230 e. The first-order chi connectivity index (χ1) is 11.8. The molecule has 4 nitrogen and oxygen atoms in total. The fourth-order valence-electron chi connectivity index (χ4n) is 2.53. The molecule has 0 aliphatic heterocycles. The van der Waals surface area contributed by atoms with Crippen LogP contribution in [-0.2, 0) is 11.2 Å². The second-order valence-corrected chi connectivity index (χ2v) is 6.30. The predicted octanol–water partition coefficient (Wildman–Crippen LogP) is 4.19. The normalized spacial score (nSPS) is 11.1. The van der Waals surface area contributed by atoms with Crippen molar-refractivity contribution >= 4 is 11.6 Å². The third-order valence-electron chi connectivity index (χ3n) is 3.90. The largest absolute Gasteiger partial charge is 0.496 e. The zero-order valence-electron chi connectivity index (χ0n) is 14.7. The molecule has 0 atom stereocenters. The van der Waals surface area contributed by atoms with Gasteiger partial charge in [0, 0.05) is 23.2 Å². The van der Waals surface area contributed by atoms with Crippen LogP contribution in [0.25, 0.3) is 0 Å². The molecule has 2 rings (SSSR count). The lowest BCUT2D eigenvalue weighted by atomic mass is 9.84. The Balaban J connectivity index is 2.19. The van der Waals surface area contributed by atoms with E-state index in [1.807, 2.05) is 24.3 Å². The summed E-state index contributed by atoms with van der Waals surface area (Å²) in [5.74, 6) is -1.90. The van der Waals surface area contributed by atoms with Gasteiger partial charge in [0.1, 0.15) is 5.75 Å². The quantitative estimate of drug-likeness (QED) is 0.851. The van der Waals surface area contributed by atoms with Crippen LogP contribution in [-0.4, -0.2) is 20.1 Å². The summed E-state index contributed by atoms with van der Waals surface area (Å²) in [6.07, 6.45) is 0.407. The average molecular weight is 349 g/mol. The van der Waals surface area contributed by atoms with E-state index in [1.54, 1.807) is 21.0 Å². The van der Waals surface area contributed by atoms with Gasteiger partial charge in [0.2, 0.25) is 5.91 Å². The summed E-state index contributed by atoms with van der Waals surface area (Å²) in [7, 11) is 2.74. The number of para-hydroxylation sites is 1. The van der Waals surface area contributed by atoms with E-state index < -0.39 is 22.8 Å². The van der Waals surface area contributed by atoms with Crippen molar-refractivity contribution in [2.75, 3.05) is 19.5 Å². The van der Waals surface area contributed by atoms with E-state index in [2.05, 4.69) is 10.1 Å². The zero-order chi connectivity index (χ0) is 18.6. The fourth-order valence-corrected chi connectivity index (χ4v) is 2.53. The molecule has 0 unspecified atom stereocenters. The van der Waals surface area contributed by atoms with Gasteiger partial charge < -0.3 is 14.8 Å². The van der Waals surface area contributed by atoms with Gasteiger partial charge in [0.15, 0.2) is 17.4 Å². The minimum atomic E-state index is -0.875. The predicted molar refractivity (Wildman–Crippen MR) is 92.0 cm³/mol. The average Bonchev–Trinajstić information content (AvgIpc) is 2.54. The number of benzene rings is 2. The Morgan fingerprint density at radius 2 is 1.68 bits per heavy atom. The number of rotatable bonds is 6. The summed E-state index contributed by atoms with van der Waals surface area (Å²) in [5, 5.41) is 2.56. The topological polar surface area (TPSA) is 47.6 Å². The fraction of sp³-hybridized carbons (Fsp3) is 0.316. The Kier molecular flexibility index (Phi) is 5.62. The molecule has 25 heavy (non-hydrogen) atoms. The Bertz CT molecular complexity index is 752. The SMILES string of the molecule is COc1ccccc1CC(C)(C)C(=O)Nc1cc(F)c(OC)c(F)c1. The maximum atomic E-state index is 13.8. The number of anilines is 1. The number of halogens is 2. The summed E-state index contributed by atoms with van der Waals surface area (Å²) in [6.45, 7) is 3.51. The molecule has 0 saturated heterocycles. The molecule has 0 aliphatic rings. The van der Waals surface area contributed by atoms with E-state index >= 15 is 0 Å². The summed E-state index contributed by atoms with van der Waals surface area (Å²) in [6, 6.07) is 9.45. The third kappa shape index (κ3) is 4.26. The second-order valence-electron chi connectivity index (χ2n) is 6.30. The Hall–Kier alpha value is -2.63. The van der Waals surface area contributed by atoms with Crippen LogP contribution in [0.5, 0.6) is 11.5 Å². The van der Waals surface area contributed by atoms with Crippen LogP contribution in [0.1, 0.15) is 19.4 Å². The number of ether oxygens (including phenoxy) is 2. The van der Waals surface area contributed by atoms with E-state index in [0.29, 0.717) is 12.2 Å². The van der Waals surface area contributed by atoms with Crippen molar-refractivity contribution < 1.29 is 23.0 Å². The maximum absolute atomic E-state index is 13.8. The molecule has 0 spiro atoms. The van der Waals surface area contributed by atoms with Gasteiger partial charge in [0.25, 0.3) is 0 Å². The molecule has 0 aliphatic carbocycles. The Morgan fingerprint density at radius 1 is 1.08 bits per heavy atom. The summed E-state index contributed by atoms with van der Waals surface area (Å²) >= 11 is 0. The first kappa shape index (κ1) is 18.7. The van der Waals surface area contributed by atoms with Crippen molar-refractivity contribution in [1.29, 1.82) is 0 Å². The molecular formula is C19H21F2NO3. The van der Waals surface area contributed by atoms with E-state index in [1.165, 1.54) is 7.11 Å². The number of amides is 1. The first-order valence-corrected chi connectivity index (χ1v) is 7.75. The van der Waals surface area contributed by atoms with Crippen molar-refractivity contribution in [3.05, 3.63) is 53.6 Å². The van der Waals surface area contributed by atoms with E-state index in [9.17, 15) is 13.6 Å². The van der Waals surface area contributed by atoms with Gasteiger partial charge in [-0.1, -0.05) is 32.0 Å². The molecular weight excluding hydrogens is 328 g/mol. The van der Waals surface area contributed by atoms with Crippen LogP contribution in [0.4, 0.5) is 14.5 Å². The number of hydrogen-bond donors (Lipinski definition) is 1. The van der Waals surface area contributed by atoms with Crippen LogP contribution >= 0.6 is 0 Å². The van der Waals surface area contributed by atoms with Gasteiger partial charge in [-0.2, -0.15) is 0 Å². The minimum Gasteiger partial charge on any atom is -0.496 e. The number of carbonyl (C=O) groups excluding carboxylic acids is 1. The van der Waals surface area contributed by atoms with Crippen molar-refractivity contribution in [3.63, 3.8) is 0 Å². The van der Waals surface area contributed by atoms with Crippen molar-refractivity contribution in [3.8, 4) is 11.5 Å². The minimum absolute atomic E-state index is 0.0360. The first-order valence-electron chi connectivity index (χ1n) is 7.75. The summed E-state index contributed by atoms with van der Waals surface area (Å²) < 4.78 is 37.5. The molecule has 134 valence electrons. The number of carbonyl (C=O) groups is 1. The van der Waals surface area contributed by atoms with Crippen LogP contribution < -0.4 is 14.8 Å². The van der Waals surface area contributed by atoms with Crippen LogP contribution in [0.2, 0.25) is 0 Å². The van der Waals surface area contributed by atoms with Crippen LogP contribution in [0.15, 0.2) is 36.4 Å². The van der Waals surface area contributed by atoms with Gasteiger partial charge in [-0.05, 0) is 18.1 Å². The lowest BCUT2D eigenvalue weighted by Crippen LogP contribution is -2.33. The highest BCUT2D eigenvalue weighted by Crippen LogP contribution is 2.30. The molecule has 0 fully saturated rings. The third-order valence-corrected chi connectivity index (χ3v) is 3.90. The second kappa shape index (κ2) is 7.51. The Labute approximate surface area is 145 Å². The van der Waals surface area contributed by atoms with Crippen molar-refractivity contribution in [1.82, 2.24) is 0 Å². The van der Waals surface area contributed by atoms with Gasteiger partial charge in [-0.15, -0.1) is 0 Å². The highest BCUT2D eigenvalue weighted by Gasteiger charge is 2.29. The molecule has 1 N–H and O–H groups in total. The van der Waals surface area contributed by atoms with Gasteiger partial charge in [0.05, 0.1) is 14.2 Å². The molecule has 0 heterocycles. The standard InChI is InChI=1S/C19H21F2NO3/c1-19(2,11-12-7-5-6-8-16(12)24-3)18(23)22-13-9-14(20)17(25-4)15(21)10-13/h5-10H,11H2,1-4H3,(H,22,23). The van der Waals surface area contributed by atoms with Crippen LogP contribution in [0, 0.1) is 17.0 Å². The molecule has 2 aromatic carbocycles. The van der Waals surface area contributed by atoms with Gasteiger partial charge >= 0.3 is 0 Å². The van der Waals surface area contributed by atoms with E-state index in [4.69, 9.17) is 4.74 Å². The molecule has 2 aromatic rings. The zero-order valence-corrected chi connectivity index (χ0v) is 14.7. The lowest BCUT2D eigenvalue weighted by Gasteiger charge is -2.24.